The zero-order valence-corrected chi connectivity index (χ0v) is 14.6. The van der Waals surface area contributed by atoms with Gasteiger partial charge < -0.3 is 4.90 Å². The van der Waals surface area contributed by atoms with Gasteiger partial charge in [-0.25, -0.2) is 13.6 Å². The number of nitrogens with two attached hydrogens (primary N) is 1. The van der Waals surface area contributed by atoms with E-state index >= 15 is 0 Å². The van der Waals surface area contributed by atoms with Crippen molar-refractivity contribution in [1.82, 2.24) is 4.90 Å². The van der Waals surface area contributed by atoms with Gasteiger partial charge in [-0.05, 0) is 42.0 Å². The lowest BCUT2D eigenvalue weighted by atomic mass is 10.1. The van der Waals surface area contributed by atoms with E-state index in [1.54, 1.807) is 24.3 Å². The number of sulfonamides is 1. The summed E-state index contributed by atoms with van der Waals surface area (Å²) in [6.45, 7) is 4.38. The van der Waals surface area contributed by atoms with Crippen molar-refractivity contribution in [2.75, 3.05) is 31.1 Å². The summed E-state index contributed by atoms with van der Waals surface area (Å²) < 4.78 is 22.6. The average Bonchev–Trinajstić information content (AvgIpc) is 2.62. The molecule has 0 bridgehead atoms. The number of hydrogen-bond acceptors (Lipinski definition) is 5. The largest absolute Gasteiger partial charge is 0.369 e. The summed E-state index contributed by atoms with van der Waals surface area (Å²) in [6.07, 6.45) is 0. The normalized spacial score (nSPS) is 15.8. The predicted molar refractivity (Wildman–Crippen MR) is 96.5 cm³/mol. The third-order valence-electron chi connectivity index (χ3n) is 4.36. The molecule has 0 radical (unpaired) electrons. The highest BCUT2D eigenvalue weighted by atomic mass is 32.2. The van der Waals surface area contributed by atoms with Crippen LogP contribution in [0.3, 0.4) is 0 Å². The standard InChI is InChI=1S/C18H20N4O2S/c19-13-15-2-1-3-16(12-15)14-21-8-10-22(11-9-21)17-4-6-18(7-5-17)25(20,23)24/h1-7,12H,8-11,14H2,(H2,20,23,24). The van der Waals surface area contributed by atoms with E-state index in [1.807, 2.05) is 24.3 Å². The molecular weight excluding hydrogens is 336 g/mol. The second-order valence-electron chi connectivity index (χ2n) is 6.11. The minimum Gasteiger partial charge on any atom is -0.369 e. The lowest BCUT2D eigenvalue weighted by Gasteiger charge is -2.36. The topological polar surface area (TPSA) is 90.4 Å². The molecule has 2 aromatic rings. The maximum absolute atomic E-state index is 11.3. The number of piperazine rings is 1. The van der Waals surface area contributed by atoms with Crippen LogP contribution in [0.1, 0.15) is 11.1 Å². The number of nitriles is 1. The molecule has 25 heavy (non-hydrogen) atoms. The van der Waals surface area contributed by atoms with Crippen molar-refractivity contribution in [3.63, 3.8) is 0 Å². The van der Waals surface area contributed by atoms with E-state index in [-0.39, 0.29) is 4.90 Å². The summed E-state index contributed by atoms with van der Waals surface area (Å²) >= 11 is 0. The number of benzene rings is 2. The molecule has 7 heteroatoms. The molecule has 1 aliphatic rings. The van der Waals surface area contributed by atoms with Crippen molar-refractivity contribution in [2.24, 2.45) is 5.14 Å². The molecule has 6 nitrogen and oxygen atoms in total. The summed E-state index contributed by atoms with van der Waals surface area (Å²) in [7, 11) is -3.65. The Balaban J connectivity index is 1.59. The fourth-order valence-corrected chi connectivity index (χ4v) is 3.52. The van der Waals surface area contributed by atoms with Crippen LogP contribution in [-0.2, 0) is 16.6 Å². The summed E-state index contributed by atoms with van der Waals surface area (Å²) in [4.78, 5) is 4.72. The monoisotopic (exact) mass is 356 g/mol. The number of rotatable bonds is 4. The Morgan fingerprint density at radius 1 is 1.04 bits per heavy atom. The van der Waals surface area contributed by atoms with Gasteiger partial charge in [0.15, 0.2) is 0 Å². The molecule has 3 rings (SSSR count). The first kappa shape index (κ1) is 17.4. The van der Waals surface area contributed by atoms with Crippen LogP contribution in [0.4, 0.5) is 5.69 Å². The molecule has 1 aliphatic heterocycles. The van der Waals surface area contributed by atoms with Crippen LogP contribution in [-0.4, -0.2) is 39.5 Å². The lowest BCUT2D eigenvalue weighted by molar-refractivity contribution is 0.250. The van der Waals surface area contributed by atoms with Gasteiger partial charge in [-0.15, -0.1) is 0 Å². The van der Waals surface area contributed by atoms with Gasteiger partial charge in [0.2, 0.25) is 10.0 Å². The van der Waals surface area contributed by atoms with Crippen molar-refractivity contribution in [2.45, 2.75) is 11.4 Å². The maximum Gasteiger partial charge on any atom is 0.238 e. The molecule has 1 heterocycles. The molecule has 0 amide bonds. The smallest absolute Gasteiger partial charge is 0.238 e. The van der Waals surface area contributed by atoms with Crippen LogP contribution in [0.15, 0.2) is 53.4 Å². The molecule has 0 unspecified atom stereocenters. The van der Waals surface area contributed by atoms with Crippen LogP contribution in [0.2, 0.25) is 0 Å². The first-order chi connectivity index (χ1) is 12.0. The average molecular weight is 356 g/mol. The fraction of sp³-hybridized carbons (Fsp3) is 0.278. The van der Waals surface area contributed by atoms with Crippen LogP contribution in [0.5, 0.6) is 0 Å². The van der Waals surface area contributed by atoms with Gasteiger partial charge in [0, 0.05) is 38.4 Å². The van der Waals surface area contributed by atoms with Gasteiger partial charge in [0.25, 0.3) is 0 Å². The first-order valence-corrected chi connectivity index (χ1v) is 9.59. The first-order valence-electron chi connectivity index (χ1n) is 8.05. The molecule has 0 saturated carbocycles. The van der Waals surface area contributed by atoms with Crippen LogP contribution in [0.25, 0.3) is 0 Å². The van der Waals surface area contributed by atoms with Gasteiger partial charge in [0.05, 0.1) is 16.5 Å². The highest BCUT2D eigenvalue weighted by molar-refractivity contribution is 7.89. The van der Waals surface area contributed by atoms with Gasteiger partial charge in [0.1, 0.15) is 0 Å². The Kier molecular flexibility index (Phi) is 5.04. The Bertz CT molecular complexity index is 880. The highest BCUT2D eigenvalue weighted by Gasteiger charge is 2.18. The summed E-state index contributed by atoms with van der Waals surface area (Å²) in [5, 5.41) is 14.1. The lowest BCUT2D eigenvalue weighted by Crippen LogP contribution is -2.45. The zero-order valence-electron chi connectivity index (χ0n) is 13.8. The van der Waals surface area contributed by atoms with Crippen LogP contribution in [0, 0.1) is 11.3 Å². The van der Waals surface area contributed by atoms with E-state index in [4.69, 9.17) is 10.4 Å². The van der Waals surface area contributed by atoms with Crippen LogP contribution >= 0.6 is 0 Å². The van der Waals surface area contributed by atoms with Crippen molar-refractivity contribution >= 4 is 15.7 Å². The van der Waals surface area contributed by atoms with E-state index in [0.717, 1.165) is 44.0 Å². The SMILES string of the molecule is N#Cc1cccc(CN2CCN(c3ccc(S(N)(=O)=O)cc3)CC2)c1. The zero-order chi connectivity index (χ0) is 17.9. The Morgan fingerprint density at radius 2 is 1.72 bits per heavy atom. The van der Waals surface area contributed by atoms with E-state index in [9.17, 15) is 8.42 Å². The molecule has 1 saturated heterocycles. The molecule has 1 fully saturated rings. The molecule has 0 aromatic heterocycles. The second-order valence-corrected chi connectivity index (χ2v) is 7.68. The Morgan fingerprint density at radius 3 is 2.32 bits per heavy atom. The van der Waals surface area contributed by atoms with Gasteiger partial charge >= 0.3 is 0 Å². The van der Waals surface area contributed by atoms with Crippen molar-refractivity contribution in [1.29, 1.82) is 5.26 Å². The molecular formula is C18H20N4O2S. The van der Waals surface area contributed by atoms with Crippen molar-refractivity contribution < 1.29 is 8.42 Å². The van der Waals surface area contributed by atoms with E-state index in [2.05, 4.69) is 15.9 Å². The quantitative estimate of drug-likeness (QED) is 0.897. The Labute approximate surface area is 148 Å². The third kappa shape index (κ3) is 4.37. The number of hydrogen-bond donors (Lipinski definition) is 1. The number of nitrogens with zero attached hydrogens (tertiary/aromatic N) is 3. The van der Waals surface area contributed by atoms with Gasteiger partial charge in [-0.2, -0.15) is 5.26 Å². The minimum atomic E-state index is -3.65. The van der Waals surface area contributed by atoms with Gasteiger partial charge in [-0.3, -0.25) is 4.90 Å². The number of primary sulfonamides is 1. The third-order valence-corrected chi connectivity index (χ3v) is 5.29. The minimum absolute atomic E-state index is 0.132. The number of anilines is 1. The highest BCUT2D eigenvalue weighted by Crippen LogP contribution is 2.19. The summed E-state index contributed by atoms with van der Waals surface area (Å²) in [5.41, 5.74) is 2.83. The molecule has 0 atom stereocenters. The molecule has 0 aliphatic carbocycles. The summed E-state index contributed by atoms with van der Waals surface area (Å²) in [6, 6.07) is 16.6. The van der Waals surface area contributed by atoms with Crippen molar-refractivity contribution in [3.05, 3.63) is 59.7 Å². The molecule has 0 spiro atoms. The summed E-state index contributed by atoms with van der Waals surface area (Å²) in [5.74, 6) is 0. The van der Waals surface area contributed by atoms with E-state index in [0.29, 0.717) is 5.56 Å². The van der Waals surface area contributed by atoms with E-state index < -0.39 is 10.0 Å². The second kappa shape index (κ2) is 7.23. The molecule has 130 valence electrons. The van der Waals surface area contributed by atoms with E-state index in [1.165, 1.54) is 0 Å². The van der Waals surface area contributed by atoms with Crippen molar-refractivity contribution in [3.8, 4) is 6.07 Å². The molecule has 2 N–H and O–H groups in total. The Hall–Kier alpha value is -2.40. The predicted octanol–water partition coefficient (Wildman–Crippen LogP) is 1.53. The van der Waals surface area contributed by atoms with Gasteiger partial charge in [-0.1, -0.05) is 12.1 Å². The molecule has 2 aromatic carbocycles. The maximum atomic E-state index is 11.3. The van der Waals surface area contributed by atoms with Crippen LogP contribution < -0.4 is 10.0 Å². The fourth-order valence-electron chi connectivity index (χ4n) is 3.01.